The predicted molar refractivity (Wildman–Crippen MR) is 195 cm³/mol. The molecule has 9 heteroatoms. The van der Waals surface area contributed by atoms with E-state index >= 15 is 0 Å². The van der Waals surface area contributed by atoms with Crippen molar-refractivity contribution in [3.05, 3.63) is 129 Å². The van der Waals surface area contributed by atoms with Crippen molar-refractivity contribution in [2.24, 2.45) is 5.92 Å². The number of aromatic nitrogens is 2. The number of anilines is 2. The molecule has 1 saturated carbocycles. The lowest BCUT2D eigenvalue weighted by molar-refractivity contribution is -0.122. The van der Waals surface area contributed by atoms with Crippen LogP contribution in [0.15, 0.2) is 97.1 Å². The molecule has 47 heavy (non-hydrogen) atoms. The number of carbonyl (C=O) groups is 1. The molecule has 1 aliphatic carbocycles. The monoisotopic (exact) mass is 685 g/mol. The highest BCUT2D eigenvalue weighted by Gasteiger charge is 2.39. The molecule has 0 radical (unpaired) electrons. The Morgan fingerprint density at radius 1 is 0.745 bits per heavy atom. The minimum absolute atomic E-state index is 0.0223. The van der Waals surface area contributed by atoms with Crippen molar-refractivity contribution in [2.75, 3.05) is 30.9 Å². The van der Waals surface area contributed by atoms with Gasteiger partial charge in [-0.15, -0.1) is 0 Å². The molecule has 1 aliphatic rings. The van der Waals surface area contributed by atoms with Gasteiger partial charge >= 0.3 is 0 Å². The Bertz CT molecular complexity index is 1710. The highest BCUT2D eigenvalue weighted by Crippen LogP contribution is 2.43. The van der Waals surface area contributed by atoms with E-state index in [9.17, 15) is 4.79 Å². The second-order valence-electron chi connectivity index (χ2n) is 12.6. The molecule has 0 unspecified atom stereocenters. The number of para-hydroxylation sites is 1. The third-order valence-corrected chi connectivity index (χ3v) is 9.97. The first-order valence-electron chi connectivity index (χ1n) is 16.0. The zero-order valence-electron chi connectivity index (χ0n) is 26.5. The van der Waals surface area contributed by atoms with E-state index in [0.717, 1.165) is 59.1 Å². The first kappa shape index (κ1) is 33.1. The standard InChI is InChI=1S/C38H38Cl3N5O/c1-46(2)36-33-5-3-4-6-34(33)44-37(45-36)43-32-21-7-25(8-22-32)24-42-35(47)23-38(26-9-15-29(39)16-10-26,27-11-17-30(40)18-12-27)28-13-19-31(41)20-14-28/h3-6,9-20,25,32H,7-8,21-24H2,1-2H3,(H,42,47)(H,43,44,45)/t25-,32+. The lowest BCUT2D eigenvalue weighted by atomic mass is 9.67. The Morgan fingerprint density at radius 2 is 1.26 bits per heavy atom. The maximum atomic E-state index is 13.9. The molecule has 0 saturated heterocycles. The molecule has 1 amide bonds. The molecule has 0 spiro atoms. The van der Waals surface area contributed by atoms with Gasteiger partial charge in [0.15, 0.2) is 0 Å². The summed E-state index contributed by atoms with van der Waals surface area (Å²) >= 11 is 18.9. The predicted octanol–water partition coefficient (Wildman–Crippen LogP) is 9.17. The number of benzene rings is 4. The third kappa shape index (κ3) is 7.51. The number of amides is 1. The topological polar surface area (TPSA) is 70.2 Å². The minimum Gasteiger partial charge on any atom is -0.362 e. The SMILES string of the molecule is CN(C)c1nc(N[C@H]2CC[C@@H](CNC(=O)CC(c3ccc(Cl)cc3)(c3ccc(Cl)cc3)c3ccc(Cl)cc3)CC2)nc2ccccc12. The lowest BCUT2D eigenvalue weighted by Crippen LogP contribution is -2.39. The molecule has 2 N–H and O–H groups in total. The summed E-state index contributed by atoms with van der Waals surface area (Å²) < 4.78 is 0. The molecule has 6 rings (SSSR count). The second kappa shape index (κ2) is 14.5. The summed E-state index contributed by atoms with van der Waals surface area (Å²) in [7, 11) is 4.00. The van der Waals surface area contributed by atoms with E-state index in [1.807, 2.05) is 110 Å². The maximum absolute atomic E-state index is 13.9. The highest BCUT2D eigenvalue weighted by atomic mass is 35.5. The van der Waals surface area contributed by atoms with E-state index in [1.165, 1.54) is 0 Å². The van der Waals surface area contributed by atoms with Gasteiger partial charge in [-0.1, -0.05) is 83.3 Å². The summed E-state index contributed by atoms with van der Waals surface area (Å²) in [5, 5.41) is 9.81. The summed E-state index contributed by atoms with van der Waals surface area (Å²) in [5.41, 5.74) is 3.03. The number of nitrogens with one attached hydrogen (secondary N) is 2. The summed E-state index contributed by atoms with van der Waals surface area (Å²) in [6.45, 7) is 0.626. The van der Waals surface area contributed by atoms with Crippen LogP contribution in [0.25, 0.3) is 10.9 Å². The number of carbonyl (C=O) groups excluding carboxylic acids is 1. The number of hydrogen-bond acceptors (Lipinski definition) is 5. The molecule has 242 valence electrons. The van der Waals surface area contributed by atoms with Crippen LogP contribution in [0.3, 0.4) is 0 Å². The van der Waals surface area contributed by atoms with Crippen LogP contribution in [-0.2, 0) is 10.2 Å². The molecule has 0 bridgehead atoms. The average Bonchev–Trinajstić information content (AvgIpc) is 3.08. The maximum Gasteiger partial charge on any atom is 0.225 e. The van der Waals surface area contributed by atoms with Crippen LogP contribution in [0.1, 0.15) is 48.8 Å². The van der Waals surface area contributed by atoms with Crippen molar-refractivity contribution < 1.29 is 4.79 Å². The summed E-state index contributed by atoms with van der Waals surface area (Å²) in [6.07, 6.45) is 4.18. The van der Waals surface area contributed by atoms with Gasteiger partial charge in [0, 0.05) is 53.6 Å². The number of halogens is 3. The Kier molecular flexibility index (Phi) is 10.2. The van der Waals surface area contributed by atoms with Crippen molar-refractivity contribution in [3.63, 3.8) is 0 Å². The molecule has 0 aliphatic heterocycles. The van der Waals surface area contributed by atoms with Gasteiger partial charge in [0.25, 0.3) is 0 Å². The van der Waals surface area contributed by atoms with E-state index in [-0.39, 0.29) is 18.4 Å². The fourth-order valence-electron chi connectivity index (χ4n) is 6.73. The van der Waals surface area contributed by atoms with Crippen LogP contribution in [0.5, 0.6) is 0 Å². The van der Waals surface area contributed by atoms with E-state index in [1.54, 1.807) is 0 Å². The van der Waals surface area contributed by atoms with Crippen molar-refractivity contribution in [3.8, 4) is 0 Å². The van der Waals surface area contributed by atoms with Crippen LogP contribution in [0.2, 0.25) is 15.1 Å². The largest absolute Gasteiger partial charge is 0.362 e. The zero-order chi connectivity index (χ0) is 33.0. The van der Waals surface area contributed by atoms with Crippen molar-refractivity contribution in [1.82, 2.24) is 15.3 Å². The van der Waals surface area contributed by atoms with E-state index < -0.39 is 5.41 Å². The number of hydrogen-bond donors (Lipinski definition) is 2. The van der Waals surface area contributed by atoms with E-state index in [2.05, 4.69) is 16.7 Å². The van der Waals surface area contributed by atoms with Crippen molar-refractivity contribution in [1.29, 1.82) is 0 Å². The van der Waals surface area contributed by atoms with Gasteiger partial charge in [0.2, 0.25) is 11.9 Å². The van der Waals surface area contributed by atoms with E-state index in [4.69, 9.17) is 44.8 Å². The molecular formula is C38H38Cl3N5O. The van der Waals surface area contributed by atoms with Crippen LogP contribution in [0.4, 0.5) is 11.8 Å². The van der Waals surface area contributed by atoms with Crippen LogP contribution >= 0.6 is 34.8 Å². The Labute approximate surface area is 291 Å². The molecular weight excluding hydrogens is 649 g/mol. The average molecular weight is 687 g/mol. The van der Waals surface area contributed by atoms with Gasteiger partial charge in [-0.25, -0.2) is 4.98 Å². The fourth-order valence-corrected chi connectivity index (χ4v) is 7.11. The first-order chi connectivity index (χ1) is 22.7. The number of rotatable bonds is 10. The zero-order valence-corrected chi connectivity index (χ0v) is 28.8. The molecule has 1 fully saturated rings. The second-order valence-corrected chi connectivity index (χ2v) is 13.9. The normalized spacial score (nSPS) is 16.5. The Morgan fingerprint density at radius 3 is 1.77 bits per heavy atom. The summed E-state index contributed by atoms with van der Waals surface area (Å²) in [5.74, 6) is 1.93. The summed E-state index contributed by atoms with van der Waals surface area (Å²) in [4.78, 5) is 25.5. The van der Waals surface area contributed by atoms with Gasteiger partial charge in [-0.3, -0.25) is 4.79 Å². The van der Waals surface area contributed by atoms with Crippen molar-refractivity contribution >= 4 is 63.4 Å². The van der Waals surface area contributed by atoms with Crippen LogP contribution < -0.4 is 15.5 Å². The smallest absolute Gasteiger partial charge is 0.225 e. The highest BCUT2D eigenvalue weighted by molar-refractivity contribution is 6.31. The quantitative estimate of drug-likeness (QED) is 0.143. The number of fused-ring (bicyclic) bond motifs is 1. The Balaban J connectivity index is 1.15. The summed E-state index contributed by atoms with van der Waals surface area (Å²) in [6, 6.07) is 31.5. The minimum atomic E-state index is -0.781. The van der Waals surface area contributed by atoms with Crippen LogP contribution in [-0.4, -0.2) is 42.6 Å². The number of nitrogens with zero attached hydrogens (tertiary/aromatic N) is 3. The molecule has 1 aromatic heterocycles. The van der Waals surface area contributed by atoms with Gasteiger partial charge in [0.05, 0.1) is 10.9 Å². The van der Waals surface area contributed by atoms with Crippen molar-refractivity contribution in [2.45, 2.75) is 43.6 Å². The molecule has 0 atom stereocenters. The van der Waals surface area contributed by atoms with Gasteiger partial charge < -0.3 is 15.5 Å². The molecule has 1 heterocycles. The third-order valence-electron chi connectivity index (χ3n) is 9.21. The molecule has 6 nitrogen and oxygen atoms in total. The van der Waals surface area contributed by atoms with E-state index in [0.29, 0.717) is 33.5 Å². The van der Waals surface area contributed by atoms with Crippen LogP contribution in [0, 0.1) is 5.92 Å². The van der Waals surface area contributed by atoms with Gasteiger partial charge in [-0.05, 0) is 96.8 Å². The fraction of sp³-hybridized carbons (Fsp3) is 0.289. The molecule has 4 aromatic carbocycles. The molecule has 5 aromatic rings. The van der Waals surface area contributed by atoms with Gasteiger partial charge in [-0.2, -0.15) is 4.98 Å². The Hall–Kier alpha value is -3.84. The van der Waals surface area contributed by atoms with Gasteiger partial charge in [0.1, 0.15) is 5.82 Å². The lowest BCUT2D eigenvalue weighted by Gasteiger charge is -2.36. The first-order valence-corrected chi connectivity index (χ1v) is 17.1.